The number of nitrogens with zero attached hydrogens (tertiary/aromatic N) is 5. The molecule has 4 heterocycles. The summed E-state index contributed by atoms with van der Waals surface area (Å²) in [6, 6.07) is 0.367. The fraction of sp³-hybridized carbons (Fsp3) is 0.739. The molecule has 7 heteroatoms. The molecule has 7 nitrogen and oxygen atoms in total. The third-order valence-corrected chi connectivity index (χ3v) is 7.48. The average Bonchev–Trinajstić information content (AvgIpc) is 2.96. The lowest BCUT2D eigenvalue weighted by atomic mass is 9.85. The fourth-order valence-electron chi connectivity index (χ4n) is 5.54. The van der Waals surface area contributed by atoms with Crippen LogP contribution in [-0.4, -0.2) is 44.6 Å². The quantitative estimate of drug-likeness (QED) is 0.839. The zero-order valence-corrected chi connectivity index (χ0v) is 18.1. The minimum Gasteiger partial charge on any atom is -0.355 e. The molecule has 0 bridgehead atoms. The second kappa shape index (κ2) is 8.52. The molecule has 2 aromatic rings. The first-order valence-corrected chi connectivity index (χ1v) is 12.0. The van der Waals surface area contributed by atoms with E-state index in [0.29, 0.717) is 12.0 Å². The zero-order valence-electron chi connectivity index (χ0n) is 18.1. The van der Waals surface area contributed by atoms with Crippen molar-refractivity contribution >= 4 is 22.9 Å². The number of nitrogens with one attached hydrogen (secondary N) is 1. The van der Waals surface area contributed by atoms with Crippen molar-refractivity contribution in [1.29, 1.82) is 0 Å². The minimum absolute atomic E-state index is 0.117. The average molecular weight is 411 g/mol. The molecule has 0 spiro atoms. The summed E-state index contributed by atoms with van der Waals surface area (Å²) in [5, 5.41) is 3.36. The number of imidazole rings is 1. The molecule has 0 unspecified atom stereocenters. The molecule has 3 aliphatic rings. The Morgan fingerprint density at radius 1 is 1.00 bits per heavy atom. The summed E-state index contributed by atoms with van der Waals surface area (Å²) in [4.78, 5) is 29.3. The summed E-state index contributed by atoms with van der Waals surface area (Å²) in [5.74, 6) is 3.08. The largest absolute Gasteiger partial charge is 0.355 e. The summed E-state index contributed by atoms with van der Waals surface area (Å²) in [5.41, 5.74) is 1.91. The topological polar surface area (TPSA) is 75.9 Å². The second-order valence-electron chi connectivity index (χ2n) is 9.50. The number of amides is 1. The number of aromatic nitrogens is 4. The number of hydrogen-bond donors (Lipinski definition) is 1. The Hall–Kier alpha value is -2.18. The molecule has 162 valence electrons. The number of anilines is 1. The van der Waals surface area contributed by atoms with Crippen molar-refractivity contribution in [2.24, 2.45) is 11.8 Å². The molecule has 2 atom stereocenters. The van der Waals surface area contributed by atoms with E-state index in [9.17, 15) is 4.79 Å². The van der Waals surface area contributed by atoms with Gasteiger partial charge in [-0.2, -0.15) is 0 Å². The van der Waals surface area contributed by atoms with Crippen LogP contribution in [0.1, 0.15) is 70.5 Å². The van der Waals surface area contributed by atoms with Gasteiger partial charge in [0.25, 0.3) is 0 Å². The van der Waals surface area contributed by atoms with Gasteiger partial charge in [0.1, 0.15) is 12.2 Å². The molecule has 1 N–H and O–H groups in total. The van der Waals surface area contributed by atoms with Crippen LogP contribution in [0.5, 0.6) is 0 Å². The molecule has 2 aromatic heterocycles. The molecular weight excluding hydrogens is 376 g/mol. The maximum atomic E-state index is 12.9. The minimum atomic E-state index is 0.117. The van der Waals surface area contributed by atoms with Crippen LogP contribution in [0.2, 0.25) is 0 Å². The van der Waals surface area contributed by atoms with Crippen molar-refractivity contribution in [1.82, 2.24) is 24.8 Å². The SMILES string of the molecule is C[C@H]1CCCC[C@@H]1NC(=O)C1CCN(c2ncnc3c2nc2n3CCCCC2)CC1. The maximum absolute atomic E-state index is 12.9. The first-order valence-electron chi connectivity index (χ1n) is 12.0. The van der Waals surface area contributed by atoms with Crippen LogP contribution >= 0.6 is 0 Å². The smallest absolute Gasteiger partial charge is 0.223 e. The number of carbonyl (C=O) groups is 1. The van der Waals surface area contributed by atoms with Crippen molar-refractivity contribution in [2.75, 3.05) is 18.0 Å². The van der Waals surface area contributed by atoms with E-state index in [1.54, 1.807) is 6.33 Å². The van der Waals surface area contributed by atoms with Crippen LogP contribution in [0, 0.1) is 11.8 Å². The molecule has 1 amide bonds. The number of rotatable bonds is 3. The van der Waals surface area contributed by atoms with E-state index in [4.69, 9.17) is 4.98 Å². The lowest BCUT2D eigenvalue weighted by molar-refractivity contribution is -0.126. The Labute approximate surface area is 178 Å². The molecule has 5 rings (SSSR count). The molecule has 0 radical (unpaired) electrons. The maximum Gasteiger partial charge on any atom is 0.223 e. The summed E-state index contributed by atoms with van der Waals surface area (Å²) in [6.45, 7) is 4.99. The van der Waals surface area contributed by atoms with E-state index < -0.39 is 0 Å². The summed E-state index contributed by atoms with van der Waals surface area (Å²) >= 11 is 0. The van der Waals surface area contributed by atoms with Crippen LogP contribution < -0.4 is 10.2 Å². The van der Waals surface area contributed by atoms with Crippen molar-refractivity contribution in [2.45, 2.75) is 83.7 Å². The zero-order chi connectivity index (χ0) is 20.5. The number of fused-ring (bicyclic) bond motifs is 3. The molecule has 1 aliphatic carbocycles. The van der Waals surface area contributed by atoms with Gasteiger partial charge < -0.3 is 14.8 Å². The third-order valence-electron chi connectivity index (χ3n) is 7.48. The highest BCUT2D eigenvalue weighted by Crippen LogP contribution is 2.30. The van der Waals surface area contributed by atoms with E-state index in [2.05, 4.69) is 31.7 Å². The fourth-order valence-corrected chi connectivity index (χ4v) is 5.54. The Morgan fingerprint density at radius 3 is 2.67 bits per heavy atom. The van der Waals surface area contributed by atoms with E-state index in [1.807, 2.05) is 0 Å². The van der Waals surface area contributed by atoms with Gasteiger partial charge in [0.15, 0.2) is 17.0 Å². The van der Waals surface area contributed by atoms with E-state index in [-0.39, 0.29) is 11.8 Å². The van der Waals surface area contributed by atoms with Crippen LogP contribution in [0.15, 0.2) is 6.33 Å². The van der Waals surface area contributed by atoms with Gasteiger partial charge in [-0.3, -0.25) is 4.79 Å². The Balaban J connectivity index is 1.26. The first-order chi connectivity index (χ1) is 14.7. The summed E-state index contributed by atoms with van der Waals surface area (Å²) in [6.07, 6.45) is 13.0. The van der Waals surface area contributed by atoms with Gasteiger partial charge in [0.05, 0.1) is 0 Å². The standard InChI is InChI=1S/C23H34N6O/c1-16-7-4-5-8-18(16)26-23(30)17-10-13-28(14-11-17)21-20-22(25-15-24-21)29-12-6-2-3-9-19(29)27-20/h15-18H,2-14H2,1H3,(H,26,30)/t16-,18-/m0/s1. The van der Waals surface area contributed by atoms with Crippen LogP contribution in [0.4, 0.5) is 5.82 Å². The van der Waals surface area contributed by atoms with Gasteiger partial charge in [0.2, 0.25) is 5.91 Å². The highest BCUT2D eigenvalue weighted by molar-refractivity contribution is 5.84. The number of carbonyl (C=O) groups excluding carboxylic acids is 1. The van der Waals surface area contributed by atoms with Crippen molar-refractivity contribution in [3.8, 4) is 0 Å². The van der Waals surface area contributed by atoms with Gasteiger partial charge in [-0.05, 0) is 44.4 Å². The molecular formula is C23H34N6O. The predicted octanol–water partition coefficient (Wildman–Crippen LogP) is 3.46. The van der Waals surface area contributed by atoms with E-state index >= 15 is 0 Å². The van der Waals surface area contributed by atoms with Crippen LogP contribution in [0.25, 0.3) is 11.2 Å². The number of hydrogen-bond acceptors (Lipinski definition) is 5. The van der Waals surface area contributed by atoms with Crippen molar-refractivity contribution in [3.63, 3.8) is 0 Å². The third kappa shape index (κ3) is 3.79. The predicted molar refractivity (Wildman–Crippen MR) is 117 cm³/mol. The Kier molecular flexibility index (Phi) is 5.61. The molecule has 1 saturated heterocycles. The first kappa shape index (κ1) is 19.8. The highest BCUT2D eigenvalue weighted by atomic mass is 16.2. The molecule has 30 heavy (non-hydrogen) atoms. The van der Waals surface area contributed by atoms with Gasteiger partial charge in [0, 0.05) is 38.0 Å². The van der Waals surface area contributed by atoms with Gasteiger partial charge in [-0.25, -0.2) is 15.0 Å². The number of aryl methyl sites for hydroxylation is 2. The second-order valence-corrected chi connectivity index (χ2v) is 9.50. The van der Waals surface area contributed by atoms with E-state index in [1.165, 1.54) is 38.5 Å². The Morgan fingerprint density at radius 2 is 1.83 bits per heavy atom. The van der Waals surface area contributed by atoms with Gasteiger partial charge >= 0.3 is 0 Å². The van der Waals surface area contributed by atoms with Gasteiger partial charge in [-0.15, -0.1) is 0 Å². The number of piperidine rings is 1. The lowest BCUT2D eigenvalue weighted by Gasteiger charge is -2.34. The van der Waals surface area contributed by atoms with Crippen LogP contribution in [0.3, 0.4) is 0 Å². The lowest BCUT2D eigenvalue weighted by Crippen LogP contribution is -2.46. The van der Waals surface area contributed by atoms with E-state index in [0.717, 1.165) is 68.1 Å². The summed E-state index contributed by atoms with van der Waals surface area (Å²) in [7, 11) is 0. The molecule has 1 saturated carbocycles. The monoisotopic (exact) mass is 410 g/mol. The summed E-state index contributed by atoms with van der Waals surface area (Å²) < 4.78 is 2.29. The van der Waals surface area contributed by atoms with Crippen molar-refractivity contribution < 1.29 is 4.79 Å². The normalized spacial score (nSPS) is 25.7. The molecule has 2 aliphatic heterocycles. The van der Waals surface area contributed by atoms with Crippen molar-refractivity contribution in [3.05, 3.63) is 12.2 Å². The van der Waals surface area contributed by atoms with Gasteiger partial charge in [-0.1, -0.05) is 26.2 Å². The molecule has 2 fully saturated rings. The highest BCUT2D eigenvalue weighted by Gasteiger charge is 2.30. The van der Waals surface area contributed by atoms with Crippen LogP contribution in [-0.2, 0) is 17.8 Å². The molecule has 0 aromatic carbocycles. The Bertz CT molecular complexity index is 900.